The Bertz CT molecular complexity index is 917. The van der Waals surface area contributed by atoms with Crippen molar-refractivity contribution < 1.29 is 13.6 Å². The van der Waals surface area contributed by atoms with Gasteiger partial charge in [-0.05, 0) is 25.3 Å². The highest BCUT2D eigenvalue weighted by Gasteiger charge is 2.43. The van der Waals surface area contributed by atoms with E-state index in [-0.39, 0.29) is 18.7 Å². The molecule has 1 aromatic carbocycles. The number of halogens is 2. The van der Waals surface area contributed by atoms with E-state index < -0.39 is 24.4 Å². The number of likely N-dealkylation sites (tertiary alicyclic amines) is 1. The van der Waals surface area contributed by atoms with Crippen molar-refractivity contribution in [3.63, 3.8) is 0 Å². The Morgan fingerprint density at radius 1 is 1.30 bits per heavy atom. The number of aromatic nitrogens is 3. The van der Waals surface area contributed by atoms with Gasteiger partial charge in [0.2, 0.25) is 5.91 Å². The molecule has 1 aromatic heterocycles. The maximum absolute atomic E-state index is 13.5. The van der Waals surface area contributed by atoms with E-state index in [0.29, 0.717) is 31.6 Å². The van der Waals surface area contributed by atoms with Crippen LogP contribution in [-0.2, 0) is 17.8 Å². The highest BCUT2D eigenvalue weighted by molar-refractivity contribution is 5.81. The summed E-state index contributed by atoms with van der Waals surface area (Å²) in [5, 5.41) is 4.40. The van der Waals surface area contributed by atoms with Crippen LogP contribution in [0.4, 0.5) is 8.78 Å². The Morgan fingerprint density at radius 3 is 2.70 bits per heavy atom. The lowest BCUT2D eigenvalue weighted by Gasteiger charge is -2.27. The minimum atomic E-state index is -2.84. The van der Waals surface area contributed by atoms with Gasteiger partial charge in [-0.15, -0.1) is 0 Å². The monoisotopic (exact) mass is 376 g/mol. The fourth-order valence-electron chi connectivity index (χ4n) is 3.87. The number of benzene rings is 1. The molecule has 8 heteroatoms. The van der Waals surface area contributed by atoms with E-state index in [1.165, 1.54) is 14.1 Å². The molecular formula is C19H22F2N4O2. The Kier molecular flexibility index (Phi) is 4.36. The van der Waals surface area contributed by atoms with Gasteiger partial charge in [-0.1, -0.05) is 29.8 Å². The Hall–Kier alpha value is -2.51. The highest BCUT2D eigenvalue weighted by atomic mass is 19.3. The maximum Gasteiger partial charge on any atom is 0.346 e. The second-order valence-corrected chi connectivity index (χ2v) is 7.49. The second-order valence-electron chi connectivity index (χ2n) is 7.49. The minimum Gasteiger partial charge on any atom is -0.335 e. The molecule has 3 heterocycles. The smallest absolute Gasteiger partial charge is 0.335 e. The van der Waals surface area contributed by atoms with Gasteiger partial charge in [0, 0.05) is 19.4 Å². The van der Waals surface area contributed by atoms with Gasteiger partial charge in [0.15, 0.2) is 0 Å². The van der Waals surface area contributed by atoms with E-state index >= 15 is 0 Å². The van der Waals surface area contributed by atoms with Crippen LogP contribution in [0.1, 0.15) is 42.3 Å². The van der Waals surface area contributed by atoms with Crippen molar-refractivity contribution in [1.29, 1.82) is 0 Å². The third kappa shape index (κ3) is 3.40. The van der Waals surface area contributed by atoms with Gasteiger partial charge < -0.3 is 4.90 Å². The van der Waals surface area contributed by atoms with Crippen LogP contribution in [0.15, 0.2) is 29.1 Å². The molecular weight excluding hydrogens is 354 g/mol. The summed E-state index contributed by atoms with van der Waals surface area (Å²) < 4.78 is 29.8. The van der Waals surface area contributed by atoms with E-state index in [4.69, 9.17) is 0 Å². The Labute approximate surface area is 155 Å². The summed E-state index contributed by atoms with van der Waals surface area (Å²) in [7, 11) is 0. The molecule has 0 spiro atoms. The molecule has 144 valence electrons. The van der Waals surface area contributed by atoms with Crippen LogP contribution in [0, 0.1) is 6.92 Å². The molecule has 4 rings (SSSR count). The molecule has 1 atom stereocenters. The van der Waals surface area contributed by atoms with Crippen LogP contribution in [0.2, 0.25) is 0 Å². The summed E-state index contributed by atoms with van der Waals surface area (Å²) >= 11 is 0. The zero-order valence-electron chi connectivity index (χ0n) is 15.2. The van der Waals surface area contributed by atoms with Gasteiger partial charge in [0.05, 0.1) is 13.1 Å². The number of hydrogen-bond donors (Lipinski definition) is 0. The summed E-state index contributed by atoms with van der Waals surface area (Å²) in [4.78, 5) is 26.9. The van der Waals surface area contributed by atoms with Crippen LogP contribution < -0.4 is 5.69 Å². The van der Waals surface area contributed by atoms with Crippen LogP contribution in [-0.4, -0.2) is 44.2 Å². The number of rotatable bonds is 3. The van der Waals surface area contributed by atoms with Crippen molar-refractivity contribution >= 4 is 5.91 Å². The summed E-state index contributed by atoms with van der Waals surface area (Å²) in [6, 6.07) is 7.08. The van der Waals surface area contributed by atoms with Crippen molar-refractivity contribution in [3.8, 4) is 0 Å². The molecule has 6 nitrogen and oxygen atoms in total. The first-order valence-corrected chi connectivity index (χ1v) is 9.24. The number of carbonyl (C=O) groups is 1. The zero-order chi connectivity index (χ0) is 19.2. The lowest BCUT2D eigenvalue weighted by molar-refractivity contribution is -0.135. The lowest BCUT2D eigenvalue weighted by Crippen LogP contribution is -2.42. The maximum atomic E-state index is 13.5. The van der Waals surface area contributed by atoms with E-state index in [1.807, 2.05) is 31.2 Å². The first-order valence-electron chi connectivity index (χ1n) is 9.24. The highest BCUT2D eigenvalue weighted by Crippen LogP contribution is 2.31. The number of aryl methyl sites for hydroxylation is 2. The molecule has 0 bridgehead atoms. The molecule has 0 aliphatic carbocycles. The van der Waals surface area contributed by atoms with E-state index in [0.717, 1.165) is 11.1 Å². The minimum absolute atomic E-state index is 0.0317. The molecule has 1 amide bonds. The lowest BCUT2D eigenvalue weighted by atomic mass is 10.0. The van der Waals surface area contributed by atoms with Gasteiger partial charge in [-0.2, -0.15) is 5.10 Å². The summed E-state index contributed by atoms with van der Waals surface area (Å²) in [5.74, 6) is -2.68. The number of carbonyl (C=O) groups excluding carboxylic acids is 1. The largest absolute Gasteiger partial charge is 0.346 e. The number of hydrogen-bond acceptors (Lipinski definition) is 3. The van der Waals surface area contributed by atoms with E-state index in [1.54, 1.807) is 0 Å². The second kappa shape index (κ2) is 6.58. The molecule has 2 aromatic rings. The van der Waals surface area contributed by atoms with Gasteiger partial charge in [-0.25, -0.2) is 18.3 Å². The van der Waals surface area contributed by atoms with Crippen LogP contribution >= 0.6 is 0 Å². The quantitative estimate of drug-likeness (QED) is 0.825. The van der Waals surface area contributed by atoms with Gasteiger partial charge >= 0.3 is 5.69 Å². The Balaban J connectivity index is 1.61. The SMILES string of the molecule is Cc1ccc(Cn2nc3n(c2=O)[C@@H](C(=O)N2CCC(F)(F)C2)CCC3)cc1. The molecule has 1 fully saturated rings. The molecule has 2 aliphatic rings. The number of fused-ring (bicyclic) bond motifs is 1. The topological polar surface area (TPSA) is 60.1 Å². The average Bonchev–Trinajstić information content (AvgIpc) is 3.16. The number of amides is 1. The molecule has 0 unspecified atom stereocenters. The number of alkyl halides is 2. The molecule has 1 saturated heterocycles. The van der Waals surface area contributed by atoms with Crippen LogP contribution in [0.5, 0.6) is 0 Å². The van der Waals surface area contributed by atoms with Crippen molar-refractivity contribution in [2.24, 2.45) is 0 Å². The third-order valence-electron chi connectivity index (χ3n) is 5.35. The van der Waals surface area contributed by atoms with Crippen LogP contribution in [0.3, 0.4) is 0 Å². The molecule has 0 radical (unpaired) electrons. The average molecular weight is 376 g/mol. The molecule has 0 N–H and O–H groups in total. The van der Waals surface area contributed by atoms with Crippen molar-refractivity contribution in [2.45, 2.75) is 51.1 Å². The first kappa shape index (κ1) is 17.9. The summed E-state index contributed by atoms with van der Waals surface area (Å²) in [6.45, 7) is 1.78. The predicted octanol–water partition coefficient (Wildman–Crippen LogP) is 2.15. The molecule has 2 aliphatic heterocycles. The van der Waals surface area contributed by atoms with Crippen LogP contribution in [0.25, 0.3) is 0 Å². The fourth-order valence-corrected chi connectivity index (χ4v) is 3.87. The first-order chi connectivity index (χ1) is 12.8. The van der Waals surface area contributed by atoms with E-state index in [2.05, 4.69) is 5.10 Å². The van der Waals surface area contributed by atoms with Gasteiger partial charge in [-0.3, -0.25) is 9.36 Å². The van der Waals surface area contributed by atoms with Crippen molar-refractivity contribution in [1.82, 2.24) is 19.2 Å². The zero-order valence-corrected chi connectivity index (χ0v) is 15.2. The Morgan fingerprint density at radius 2 is 2.04 bits per heavy atom. The van der Waals surface area contributed by atoms with Crippen molar-refractivity contribution in [3.05, 3.63) is 51.7 Å². The van der Waals surface area contributed by atoms with Gasteiger partial charge in [0.25, 0.3) is 5.92 Å². The third-order valence-corrected chi connectivity index (χ3v) is 5.35. The summed E-state index contributed by atoms with van der Waals surface area (Å²) in [6.07, 6.45) is 1.47. The normalized spacial score (nSPS) is 21.3. The van der Waals surface area contributed by atoms with E-state index in [9.17, 15) is 18.4 Å². The molecule has 27 heavy (non-hydrogen) atoms. The van der Waals surface area contributed by atoms with Crippen molar-refractivity contribution in [2.75, 3.05) is 13.1 Å². The number of nitrogens with zero attached hydrogens (tertiary/aromatic N) is 4. The van der Waals surface area contributed by atoms with Gasteiger partial charge in [0.1, 0.15) is 11.9 Å². The summed E-state index contributed by atoms with van der Waals surface area (Å²) in [5.41, 5.74) is 1.72. The predicted molar refractivity (Wildman–Crippen MR) is 94.9 cm³/mol. The standard InChI is InChI=1S/C19H22F2N4O2/c1-13-5-7-14(8-6-13)11-24-18(27)25-15(3-2-4-16(25)22-24)17(26)23-10-9-19(20,21)12-23/h5-8,15H,2-4,9-12H2,1H3/t15-/m1/s1. The fraction of sp³-hybridized carbons (Fsp3) is 0.526. The molecule has 0 saturated carbocycles.